The van der Waals surface area contributed by atoms with E-state index in [0.717, 1.165) is 56.5 Å². The minimum atomic E-state index is -0.193. The Morgan fingerprint density at radius 2 is 1.66 bits per heavy atom. The van der Waals surface area contributed by atoms with E-state index in [1.807, 2.05) is 30.3 Å². The van der Waals surface area contributed by atoms with Crippen LogP contribution >= 0.6 is 24.0 Å². The number of hydrogen-bond donors (Lipinski definition) is 2. The van der Waals surface area contributed by atoms with E-state index in [9.17, 15) is 4.39 Å². The Morgan fingerprint density at radius 1 is 0.969 bits per heavy atom. The number of nitrogens with zero attached hydrogens (tertiary/aromatic N) is 3. The summed E-state index contributed by atoms with van der Waals surface area (Å²) in [6.07, 6.45) is 0. The van der Waals surface area contributed by atoms with Crippen LogP contribution in [0.2, 0.25) is 0 Å². The van der Waals surface area contributed by atoms with Gasteiger partial charge in [-0.2, -0.15) is 0 Å². The lowest BCUT2D eigenvalue weighted by atomic mass is 10.2. The third kappa shape index (κ3) is 7.40. The summed E-state index contributed by atoms with van der Waals surface area (Å²) in [5.74, 6) is 2.00. The van der Waals surface area contributed by atoms with Gasteiger partial charge in [-0.1, -0.05) is 6.07 Å². The number of methoxy groups -OCH3 is 2. The Labute approximate surface area is 207 Å². The maximum Gasteiger partial charge on any atom is 0.191 e. The number of benzene rings is 2. The van der Waals surface area contributed by atoms with Crippen molar-refractivity contribution in [3.05, 3.63) is 53.8 Å². The lowest BCUT2D eigenvalue weighted by molar-refractivity contribution is 0.261. The topological polar surface area (TPSA) is 61.4 Å². The maximum atomic E-state index is 13.1. The van der Waals surface area contributed by atoms with Crippen LogP contribution in [0.3, 0.4) is 0 Å². The summed E-state index contributed by atoms with van der Waals surface area (Å²) in [6, 6.07) is 12.6. The van der Waals surface area contributed by atoms with Crippen LogP contribution in [0.1, 0.15) is 5.56 Å². The minimum absolute atomic E-state index is 0. The molecular weight excluding hydrogens is 524 g/mol. The monoisotopic (exact) mass is 557 g/mol. The van der Waals surface area contributed by atoms with Gasteiger partial charge in [0, 0.05) is 58.5 Å². The lowest BCUT2D eigenvalue weighted by Gasteiger charge is -2.36. The summed E-state index contributed by atoms with van der Waals surface area (Å²) in [4.78, 5) is 9.03. The predicted octanol–water partition coefficient (Wildman–Crippen LogP) is 2.95. The summed E-state index contributed by atoms with van der Waals surface area (Å²) >= 11 is 0. The molecule has 2 aromatic carbocycles. The average molecular weight is 557 g/mol. The van der Waals surface area contributed by atoms with E-state index >= 15 is 0 Å². The molecule has 1 aliphatic heterocycles. The molecule has 0 radical (unpaired) electrons. The molecule has 0 spiro atoms. The van der Waals surface area contributed by atoms with Gasteiger partial charge in [0.1, 0.15) is 5.82 Å². The lowest BCUT2D eigenvalue weighted by Crippen LogP contribution is -2.49. The molecule has 32 heavy (non-hydrogen) atoms. The second kappa shape index (κ2) is 13.3. The van der Waals surface area contributed by atoms with Gasteiger partial charge in [0.2, 0.25) is 0 Å². The normalized spacial score (nSPS) is 14.5. The van der Waals surface area contributed by atoms with E-state index in [4.69, 9.17) is 9.47 Å². The van der Waals surface area contributed by atoms with Crippen molar-refractivity contribution in [2.24, 2.45) is 4.99 Å². The Kier molecular flexibility index (Phi) is 10.8. The van der Waals surface area contributed by atoms with Crippen LogP contribution in [-0.4, -0.2) is 71.4 Å². The van der Waals surface area contributed by atoms with Crippen molar-refractivity contribution in [2.75, 3.05) is 65.4 Å². The van der Waals surface area contributed by atoms with Crippen LogP contribution in [0.5, 0.6) is 11.5 Å². The summed E-state index contributed by atoms with van der Waals surface area (Å²) in [5, 5.41) is 6.70. The number of aliphatic imine (C=N–C) groups is 1. The zero-order chi connectivity index (χ0) is 22.1. The largest absolute Gasteiger partial charge is 0.493 e. The van der Waals surface area contributed by atoms with Crippen molar-refractivity contribution in [2.45, 2.75) is 6.54 Å². The molecule has 0 bridgehead atoms. The molecule has 0 unspecified atom stereocenters. The quantitative estimate of drug-likeness (QED) is 0.296. The highest BCUT2D eigenvalue weighted by atomic mass is 127. The molecule has 0 amide bonds. The molecule has 0 aromatic heterocycles. The van der Waals surface area contributed by atoms with Gasteiger partial charge in [-0.3, -0.25) is 9.89 Å². The molecule has 1 aliphatic rings. The van der Waals surface area contributed by atoms with Gasteiger partial charge in [-0.05, 0) is 42.0 Å². The summed E-state index contributed by atoms with van der Waals surface area (Å²) in [5.41, 5.74) is 2.16. The number of nitrogens with one attached hydrogen (secondary N) is 2. The van der Waals surface area contributed by atoms with E-state index in [0.29, 0.717) is 18.0 Å². The molecule has 7 nitrogen and oxygen atoms in total. The number of halogens is 2. The van der Waals surface area contributed by atoms with Crippen LogP contribution < -0.4 is 25.0 Å². The van der Waals surface area contributed by atoms with Gasteiger partial charge < -0.3 is 25.0 Å². The fraction of sp³-hybridized carbons (Fsp3) is 0.435. The number of guanidine groups is 1. The summed E-state index contributed by atoms with van der Waals surface area (Å²) in [7, 11) is 5.03. The van der Waals surface area contributed by atoms with Crippen LogP contribution in [0.15, 0.2) is 47.5 Å². The van der Waals surface area contributed by atoms with Crippen LogP contribution in [-0.2, 0) is 6.54 Å². The molecule has 9 heteroatoms. The molecule has 1 saturated heterocycles. The molecule has 3 rings (SSSR count). The van der Waals surface area contributed by atoms with Crippen molar-refractivity contribution in [3.8, 4) is 11.5 Å². The van der Waals surface area contributed by atoms with Crippen LogP contribution in [0.4, 0.5) is 10.1 Å². The highest BCUT2D eigenvalue weighted by Crippen LogP contribution is 2.27. The molecule has 0 aliphatic carbocycles. The van der Waals surface area contributed by atoms with Crippen molar-refractivity contribution in [3.63, 3.8) is 0 Å². The minimum Gasteiger partial charge on any atom is -0.493 e. The first kappa shape index (κ1) is 26.0. The Bertz CT molecular complexity index is 858. The molecule has 1 fully saturated rings. The van der Waals surface area contributed by atoms with Gasteiger partial charge in [-0.25, -0.2) is 4.39 Å². The predicted molar refractivity (Wildman–Crippen MR) is 138 cm³/mol. The van der Waals surface area contributed by atoms with Crippen LogP contribution in [0.25, 0.3) is 0 Å². The van der Waals surface area contributed by atoms with Crippen molar-refractivity contribution in [1.82, 2.24) is 15.5 Å². The number of ether oxygens (including phenoxy) is 2. The first-order valence-corrected chi connectivity index (χ1v) is 10.5. The second-order valence-electron chi connectivity index (χ2n) is 7.35. The zero-order valence-corrected chi connectivity index (χ0v) is 21.3. The summed E-state index contributed by atoms with van der Waals surface area (Å²) < 4.78 is 23.7. The first-order chi connectivity index (χ1) is 15.1. The Balaban J connectivity index is 0.00000363. The third-order valence-corrected chi connectivity index (χ3v) is 5.42. The number of piperazine rings is 1. The molecule has 2 N–H and O–H groups in total. The first-order valence-electron chi connectivity index (χ1n) is 10.5. The molecule has 1 heterocycles. The highest BCUT2D eigenvalue weighted by molar-refractivity contribution is 14.0. The fourth-order valence-electron chi connectivity index (χ4n) is 3.61. The number of hydrogen-bond acceptors (Lipinski definition) is 5. The van der Waals surface area contributed by atoms with Crippen molar-refractivity contribution >= 4 is 35.6 Å². The Hall–Kier alpha value is -2.27. The van der Waals surface area contributed by atoms with E-state index in [-0.39, 0.29) is 29.8 Å². The fourth-order valence-corrected chi connectivity index (χ4v) is 3.61. The molecule has 2 aromatic rings. The van der Waals surface area contributed by atoms with Crippen molar-refractivity contribution < 1.29 is 13.9 Å². The van der Waals surface area contributed by atoms with Crippen molar-refractivity contribution in [1.29, 1.82) is 0 Å². The smallest absolute Gasteiger partial charge is 0.191 e. The van der Waals surface area contributed by atoms with E-state index in [1.54, 1.807) is 21.3 Å². The van der Waals surface area contributed by atoms with Gasteiger partial charge in [0.25, 0.3) is 0 Å². The van der Waals surface area contributed by atoms with Gasteiger partial charge in [0.05, 0.1) is 14.2 Å². The third-order valence-electron chi connectivity index (χ3n) is 5.42. The number of anilines is 1. The zero-order valence-electron chi connectivity index (χ0n) is 18.9. The van der Waals surface area contributed by atoms with Crippen LogP contribution in [0, 0.1) is 5.82 Å². The summed E-state index contributed by atoms with van der Waals surface area (Å²) in [6.45, 7) is 6.23. The molecule has 176 valence electrons. The van der Waals surface area contributed by atoms with E-state index in [2.05, 4.69) is 25.4 Å². The molecular formula is C23H33FIN5O2. The number of rotatable bonds is 8. The average Bonchev–Trinajstić information content (AvgIpc) is 2.82. The van der Waals surface area contributed by atoms with Gasteiger partial charge in [-0.15, -0.1) is 24.0 Å². The highest BCUT2D eigenvalue weighted by Gasteiger charge is 2.17. The maximum absolute atomic E-state index is 13.1. The molecule has 0 atom stereocenters. The van der Waals surface area contributed by atoms with Gasteiger partial charge in [0.15, 0.2) is 17.5 Å². The standard InChI is InChI=1S/C23H32FN5O2.HI/c1-25-23(27-17-18-4-9-21(30-2)22(16-18)31-3)26-10-11-28-12-14-29(15-13-28)20-7-5-19(24)6-8-20;/h4-9,16H,10-15,17H2,1-3H3,(H2,25,26,27);1H. The van der Waals surface area contributed by atoms with E-state index in [1.165, 1.54) is 12.1 Å². The van der Waals surface area contributed by atoms with E-state index < -0.39 is 0 Å². The molecule has 0 saturated carbocycles. The SMILES string of the molecule is CN=C(NCCN1CCN(c2ccc(F)cc2)CC1)NCc1ccc(OC)c(OC)c1.I. The Morgan fingerprint density at radius 3 is 2.28 bits per heavy atom. The second-order valence-corrected chi connectivity index (χ2v) is 7.35. The van der Waals surface area contributed by atoms with Gasteiger partial charge >= 0.3 is 0 Å².